The van der Waals surface area contributed by atoms with Crippen LogP contribution in [0, 0.1) is 0 Å². The summed E-state index contributed by atoms with van der Waals surface area (Å²) in [5.41, 5.74) is -1.49. The molecular weight excluding hydrogens is 465 g/mol. The summed E-state index contributed by atoms with van der Waals surface area (Å²) in [6, 6.07) is 2.60. The molecule has 0 bridgehead atoms. The summed E-state index contributed by atoms with van der Waals surface area (Å²) in [4.78, 5) is 20.2. The minimum Gasteiger partial charge on any atom is -0.444 e. The molecule has 0 radical (unpaired) electrons. The van der Waals surface area contributed by atoms with E-state index in [2.05, 4.69) is 36.5 Å². The van der Waals surface area contributed by atoms with Crippen molar-refractivity contribution in [2.75, 3.05) is 5.32 Å². The predicted molar refractivity (Wildman–Crippen MR) is 111 cm³/mol. The zero-order valence-corrected chi connectivity index (χ0v) is 18.5. The molecule has 1 heterocycles. The Hall–Kier alpha value is -2.10. The number of rotatable bonds is 3. The summed E-state index contributed by atoms with van der Waals surface area (Å²) in [5.74, 6) is 0.166. The van der Waals surface area contributed by atoms with E-state index in [0.717, 1.165) is 31.7 Å². The van der Waals surface area contributed by atoms with Crippen molar-refractivity contribution in [3.8, 4) is 0 Å². The summed E-state index contributed by atoms with van der Waals surface area (Å²) in [6.45, 7) is 5.42. The number of fused-ring (bicyclic) bond motifs is 1. The lowest BCUT2D eigenvalue weighted by Gasteiger charge is -2.30. The second-order valence-corrected chi connectivity index (χ2v) is 9.34. The number of anilines is 1. The van der Waals surface area contributed by atoms with Crippen molar-refractivity contribution < 1.29 is 22.7 Å². The Bertz CT molecular complexity index is 923. The maximum atomic E-state index is 13.4. The van der Waals surface area contributed by atoms with Gasteiger partial charge in [-0.05, 0) is 58.6 Å². The summed E-state index contributed by atoms with van der Waals surface area (Å²) in [7, 11) is 0. The van der Waals surface area contributed by atoms with Crippen LogP contribution in [0.5, 0.6) is 0 Å². The van der Waals surface area contributed by atoms with Crippen molar-refractivity contribution in [3.63, 3.8) is 0 Å². The van der Waals surface area contributed by atoms with E-state index in [1.165, 1.54) is 6.20 Å². The minimum absolute atomic E-state index is 0.00426. The van der Waals surface area contributed by atoms with Crippen LogP contribution in [0.1, 0.15) is 52.0 Å². The van der Waals surface area contributed by atoms with Gasteiger partial charge in [-0.25, -0.2) is 14.8 Å². The van der Waals surface area contributed by atoms with E-state index in [4.69, 9.17) is 4.74 Å². The van der Waals surface area contributed by atoms with Gasteiger partial charge < -0.3 is 15.4 Å². The third-order valence-corrected chi connectivity index (χ3v) is 5.19. The van der Waals surface area contributed by atoms with Crippen LogP contribution in [0.4, 0.5) is 23.9 Å². The average molecular weight is 489 g/mol. The molecule has 1 fully saturated rings. The first-order valence-corrected chi connectivity index (χ1v) is 10.5. The Morgan fingerprint density at radius 1 is 1.13 bits per heavy atom. The predicted octanol–water partition coefficient (Wildman–Crippen LogP) is 5.66. The third kappa shape index (κ3) is 5.96. The van der Waals surface area contributed by atoms with Crippen molar-refractivity contribution >= 4 is 38.9 Å². The van der Waals surface area contributed by atoms with Crippen LogP contribution in [-0.4, -0.2) is 33.7 Å². The van der Waals surface area contributed by atoms with Crippen LogP contribution < -0.4 is 10.6 Å². The highest BCUT2D eigenvalue weighted by molar-refractivity contribution is 9.10. The number of hydrogen-bond donors (Lipinski definition) is 2. The molecule has 1 aliphatic carbocycles. The van der Waals surface area contributed by atoms with Gasteiger partial charge in [0, 0.05) is 28.1 Å². The molecule has 1 aromatic heterocycles. The third-order valence-electron chi connectivity index (χ3n) is 4.73. The van der Waals surface area contributed by atoms with E-state index < -0.39 is 23.4 Å². The molecule has 2 aromatic rings. The molecule has 3 rings (SSSR count). The molecule has 1 aromatic carbocycles. The molecule has 30 heavy (non-hydrogen) atoms. The van der Waals surface area contributed by atoms with Gasteiger partial charge in [-0.2, -0.15) is 13.2 Å². The number of nitrogens with zero attached hydrogens (tertiary/aromatic N) is 2. The lowest BCUT2D eigenvalue weighted by Crippen LogP contribution is -2.42. The van der Waals surface area contributed by atoms with Crippen molar-refractivity contribution in [3.05, 3.63) is 28.4 Å². The monoisotopic (exact) mass is 488 g/mol. The van der Waals surface area contributed by atoms with Gasteiger partial charge in [-0.1, -0.05) is 15.9 Å². The van der Waals surface area contributed by atoms with Crippen LogP contribution in [-0.2, 0) is 10.9 Å². The lowest BCUT2D eigenvalue weighted by atomic mass is 9.91. The number of ether oxygens (including phenoxy) is 1. The average Bonchev–Trinajstić information content (AvgIpc) is 2.60. The Morgan fingerprint density at radius 3 is 2.37 bits per heavy atom. The van der Waals surface area contributed by atoms with Gasteiger partial charge in [0.25, 0.3) is 0 Å². The molecular formula is C20H24BrF3N4O2. The number of hydrogen-bond acceptors (Lipinski definition) is 5. The number of nitrogens with one attached hydrogen (secondary N) is 2. The van der Waals surface area contributed by atoms with Gasteiger partial charge >= 0.3 is 12.3 Å². The molecule has 0 atom stereocenters. The Morgan fingerprint density at radius 2 is 1.77 bits per heavy atom. The largest absolute Gasteiger partial charge is 0.444 e. The van der Waals surface area contributed by atoms with Gasteiger partial charge in [0.05, 0.1) is 11.1 Å². The first-order chi connectivity index (χ1) is 13.9. The molecule has 1 aliphatic rings. The van der Waals surface area contributed by atoms with Crippen molar-refractivity contribution in [1.29, 1.82) is 0 Å². The lowest BCUT2D eigenvalue weighted by molar-refractivity contribution is -0.136. The topological polar surface area (TPSA) is 76.1 Å². The smallest absolute Gasteiger partial charge is 0.418 e. The van der Waals surface area contributed by atoms with Crippen LogP contribution in [0.25, 0.3) is 10.9 Å². The Labute approximate surface area is 181 Å². The Kier molecular flexibility index (Phi) is 6.45. The normalized spacial score (nSPS) is 20.1. The van der Waals surface area contributed by atoms with Crippen molar-refractivity contribution in [2.24, 2.45) is 0 Å². The first kappa shape index (κ1) is 22.6. The zero-order valence-electron chi connectivity index (χ0n) is 16.9. The first-order valence-electron chi connectivity index (χ1n) is 9.70. The van der Waals surface area contributed by atoms with Crippen LogP contribution in [0.3, 0.4) is 0 Å². The van der Waals surface area contributed by atoms with E-state index in [0.29, 0.717) is 9.86 Å². The van der Waals surface area contributed by atoms with Gasteiger partial charge in [0.1, 0.15) is 5.60 Å². The number of carbonyl (C=O) groups excluding carboxylic acids is 1. The maximum absolute atomic E-state index is 13.4. The summed E-state index contributed by atoms with van der Waals surface area (Å²) in [6.07, 6.45) is -0.652. The number of alkyl carbamates (subject to hydrolysis) is 1. The molecule has 0 aliphatic heterocycles. The molecule has 2 N–H and O–H groups in total. The number of amides is 1. The van der Waals surface area contributed by atoms with Gasteiger partial charge in [0.2, 0.25) is 5.95 Å². The molecule has 0 unspecified atom stereocenters. The van der Waals surface area contributed by atoms with E-state index in [1.807, 2.05) is 0 Å². The van der Waals surface area contributed by atoms with Crippen LogP contribution >= 0.6 is 15.9 Å². The Balaban J connectivity index is 1.64. The number of aromatic nitrogens is 2. The maximum Gasteiger partial charge on any atom is 0.418 e. The van der Waals surface area contributed by atoms with E-state index >= 15 is 0 Å². The van der Waals surface area contributed by atoms with E-state index in [1.54, 1.807) is 26.8 Å². The molecule has 164 valence electrons. The van der Waals surface area contributed by atoms with Gasteiger partial charge in [-0.15, -0.1) is 0 Å². The SMILES string of the molecule is CC(C)(C)OC(=O)NC1CCC(Nc2ncc3cc(Br)cc(C(F)(F)F)c3n2)CC1. The second-order valence-electron chi connectivity index (χ2n) is 8.42. The summed E-state index contributed by atoms with van der Waals surface area (Å²) in [5, 5.41) is 6.31. The minimum atomic E-state index is -4.51. The quantitative estimate of drug-likeness (QED) is 0.582. The van der Waals surface area contributed by atoms with Crippen molar-refractivity contribution in [2.45, 2.75) is 70.3 Å². The van der Waals surface area contributed by atoms with Gasteiger partial charge in [0.15, 0.2) is 0 Å². The van der Waals surface area contributed by atoms with Crippen molar-refractivity contribution in [1.82, 2.24) is 15.3 Å². The standard InChI is InChI=1S/C20H24BrF3N4O2/c1-19(2,3)30-18(29)27-14-6-4-13(5-7-14)26-17-25-10-11-8-12(21)9-15(16(11)28-17)20(22,23)24/h8-10,13-14H,4-7H2,1-3H3,(H,27,29)(H,25,26,28). The van der Waals surface area contributed by atoms with Gasteiger partial charge in [-0.3, -0.25) is 0 Å². The number of alkyl halides is 3. The fourth-order valence-corrected chi connectivity index (χ4v) is 3.91. The second kappa shape index (κ2) is 8.56. The highest BCUT2D eigenvalue weighted by atomic mass is 79.9. The van der Waals surface area contributed by atoms with Crippen LogP contribution in [0.15, 0.2) is 22.8 Å². The fourth-order valence-electron chi connectivity index (χ4n) is 3.43. The molecule has 1 saturated carbocycles. The number of halogens is 4. The summed E-state index contributed by atoms with van der Waals surface area (Å²) < 4.78 is 45.8. The van der Waals surface area contributed by atoms with E-state index in [9.17, 15) is 18.0 Å². The molecule has 1 amide bonds. The summed E-state index contributed by atoms with van der Waals surface area (Å²) >= 11 is 3.10. The zero-order chi connectivity index (χ0) is 22.1. The molecule has 10 heteroatoms. The van der Waals surface area contributed by atoms with E-state index in [-0.39, 0.29) is 23.5 Å². The number of benzene rings is 1. The highest BCUT2D eigenvalue weighted by Gasteiger charge is 2.34. The molecule has 0 saturated heterocycles. The number of carbonyl (C=O) groups is 1. The van der Waals surface area contributed by atoms with Crippen LogP contribution in [0.2, 0.25) is 0 Å². The fraction of sp³-hybridized carbons (Fsp3) is 0.550. The highest BCUT2D eigenvalue weighted by Crippen LogP contribution is 2.36. The molecule has 6 nitrogen and oxygen atoms in total. The molecule has 0 spiro atoms.